The molecule has 3 heteroatoms. The van der Waals surface area contributed by atoms with Crippen LogP contribution in [0.15, 0.2) is 9.85 Å². The summed E-state index contributed by atoms with van der Waals surface area (Å²) in [6.45, 7) is 4.43. The molecular weight excluding hydrogens is 234 g/mol. The number of hydrogen-bond donors (Lipinski definition) is 1. The van der Waals surface area contributed by atoms with E-state index in [9.17, 15) is 0 Å². The lowest BCUT2D eigenvalue weighted by atomic mass is 9.97. The van der Waals surface area contributed by atoms with E-state index in [2.05, 4.69) is 35.8 Å². The van der Waals surface area contributed by atoms with Crippen molar-refractivity contribution in [2.45, 2.75) is 32.6 Å². The molecule has 0 bridgehead atoms. The highest BCUT2D eigenvalue weighted by Gasteiger charge is 2.12. The van der Waals surface area contributed by atoms with Crippen LogP contribution in [0.1, 0.15) is 38.2 Å². The van der Waals surface area contributed by atoms with Crippen LogP contribution in [0, 0.1) is 0 Å². The topological polar surface area (TPSA) is 26.0 Å². The maximum Gasteiger partial charge on any atom is 0.0871 e. The minimum Gasteiger partial charge on any atom is -0.391 e. The first-order valence-electron chi connectivity index (χ1n) is 4.23. The highest BCUT2D eigenvalue weighted by Crippen LogP contribution is 2.37. The molecule has 68 valence electrons. The van der Waals surface area contributed by atoms with Gasteiger partial charge in [0.25, 0.3) is 0 Å². The van der Waals surface area contributed by atoms with Gasteiger partial charge in [-0.3, -0.25) is 0 Å². The molecule has 0 amide bonds. The maximum absolute atomic E-state index is 5.72. The summed E-state index contributed by atoms with van der Waals surface area (Å²) in [4.78, 5) is 0. The largest absolute Gasteiger partial charge is 0.391 e. The summed E-state index contributed by atoms with van der Waals surface area (Å²) in [5.74, 6) is 0.660. The Balaban J connectivity index is 2.91. The van der Waals surface area contributed by atoms with Crippen LogP contribution in [0.4, 0.5) is 5.00 Å². The molecule has 0 aromatic carbocycles. The van der Waals surface area contributed by atoms with Crippen LogP contribution >= 0.6 is 27.3 Å². The van der Waals surface area contributed by atoms with E-state index in [1.807, 2.05) is 0 Å². The van der Waals surface area contributed by atoms with Gasteiger partial charge in [-0.2, -0.15) is 0 Å². The molecule has 1 heterocycles. The molecule has 0 aliphatic carbocycles. The first-order chi connectivity index (χ1) is 5.69. The molecule has 1 rings (SSSR count). The van der Waals surface area contributed by atoms with Gasteiger partial charge in [0.1, 0.15) is 0 Å². The van der Waals surface area contributed by atoms with E-state index in [1.54, 1.807) is 11.3 Å². The molecule has 1 nitrogen and oxygen atoms in total. The van der Waals surface area contributed by atoms with Crippen molar-refractivity contribution in [2.75, 3.05) is 5.73 Å². The van der Waals surface area contributed by atoms with Gasteiger partial charge in [0, 0.05) is 0 Å². The summed E-state index contributed by atoms with van der Waals surface area (Å²) in [6, 6.07) is 2.09. The lowest BCUT2D eigenvalue weighted by Gasteiger charge is -2.10. The summed E-state index contributed by atoms with van der Waals surface area (Å²) in [7, 11) is 0. The summed E-state index contributed by atoms with van der Waals surface area (Å²) in [5.41, 5.74) is 7.09. The predicted molar refractivity (Wildman–Crippen MR) is 59.8 cm³/mol. The summed E-state index contributed by atoms with van der Waals surface area (Å²) >= 11 is 5.16. The van der Waals surface area contributed by atoms with Gasteiger partial charge < -0.3 is 5.73 Å². The van der Waals surface area contributed by atoms with Gasteiger partial charge in [-0.15, -0.1) is 11.3 Å². The van der Waals surface area contributed by atoms with Crippen molar-refractivity contribution >= 4 is 32.3 Å². The molecule has 12 heavy (non-hydrogen) atoms. The van der Waals surface area contributed by atoms with Crippen LogP contribution in [0.2, 0.25) is 0 Å². The molecule has 0 aliphatic heterocycles. The van der Waals surface area contributed by atoms with E-state index in [-0.39, 0.29) is 0 Å². The Hall–Kier alpha value is -0.0200. The van der Waals surface area contributed by atoms with Gasteiger partial charge >= 0.3 is 0 Å². The molecule has 2 N–H and O–H groups in total. The van der Waals surface area contributed by atoms with Gasteiger partial charge in [-0.05, 0) is 46.3 Å². The number of nitrogen functional groups attached to an aromatic ring is 1. The van der Waals surface area contributed by atoms with Gasteiger partial charge in [-0.25, -0.2) is 0 Å². The second kappa shape index (κ2) is 4.28. The molecule has 0 atom stereocenters. The molecule has 0 fully saturated rings. The van der Waals surface area contributed by atoms with Crippen molar-refractivity contribution in [3.05, 3.63) is 15.4 Å². The quantitative estimate of drug-likeness (QED) is 0.859. The van der Waals surface area contributed by atoms with Crippen molar-refractivity contribution in [3.8, 4) is 0 Å². The Labute approximate surface area is 86.1 Å². The molecule has 1 aromatic rings. The number of thiophene rings is 1. The Morgan fingerprint density at radius 2 is 2.08 bits per heavy atom. The third-order valence-corrected chi connectivity index (χ3v) is 3.87. The zero-order chi connectivity index (χ0) is 9.14. The minimum absolute atomic E-state index is 0.660. The average Bonchev–Trinajstić information content (AvgIpc) is 2.34. The van der Waals surface area contributed by atoms with Gasteiger partial charge in [0.2, 0.25) is 0 Å². The average molecular weight is 248 g/mol. The van der Waals surface area contributed by atoms with E-state index in [0.717, 1.165) is 5.00 Å². The third kappa shape index (κ3) is 2.02. The smallest absolute Gasteiger partial charge is 0.0871 e. The highest BCUT2D eigenvalue weighted by molar-refractivity contribution is 9.11. The molecule has 0 aliphatic rings. The number of hydrogen-bond acceptors (Lipinski definition) is 2. The van der Waals surface area contributed by atoms with Crippen molar-refractivity contribution in [1.29, 1.82) is 0 Å². The molecular formula is C9H14BrNS. The zero-order valence-electron chi connectivity index (χ0n) is 7.43. The van der Waals surface area contributed by atoms with Crippen molar-refractivity contribution in [2.24, 2.45) is 0 Å². The molecule has 0 radical (unpaired) electrons. The molecule has 0 saturated heterocycles. The van der Waals surface area contributed by atoms with E-state index in [4.69, 9.17) is 5.73 Å². The lowest BCUT2D eigenvalue weighted by molar-refractivity contribution is 0.642. The van der Waals surface area contributed by atoms with Crippen molar-refractivity contribution < 1.29 is 0 Å². The van der Waals surface area contributed by atoms with Crippen molar-refractivity contribution in [1.82, 2.24) is 0 Å². The van der Waals surface area contributed by atoms with E-state index in [0.29, 0.717) is 5.92 Å². The summed E-state index contributed by atoms with van der Waals surface area (Å²) in [6.07, 6.45) is 2.37. The Morgan fingerprint density at radius 1 is 1.50 bits per heavy atom. The van der Waals surface area contributed by atoms with E-state index in [1.165, 1.54) is 22.2 Å². The van der Waals surface area contributed by atoms with E-state index < -0.39 is 0 Å². The van der Waals surface area contributed by atoms with Crippen LogP contribution in [0.5, 0.6) is 0 Å². The molecule has 0 unspecified atom stereocenters. The van der Waals surface area contributed by atoms with E-state index >= 15 is 0 Å². The number of anilines is 1. The van der Waals surface area contributed by atoms with Gasteiger partial charge in [0.15, 0.2) is 0 Å². The fourth-order valence-electron chi connectivity index (χ4n) is 1.41. The fourth-order valence-corrected chi connectivity index (χ4v) is 3.14. The summed E-state index contributed by atoms with van der Waals surface area (Å²) in [5, 5.41) is 0.906. The van der Waals surface area contributed by atoms with Crippen LogP contribution in [0.3, 0.4) is 0 Å². The number of nitrogens with two attached hydrogens (primary N) is 1. The van der Waals surface area contributed by atoms with Crippen LogP contribution in [-0.4, -0.2) is 0 Å². The van der Waals surface area contributed by atoms with Crippen LogP contribution < -0.4 is 5.73 Å². The normalized spacial score (nSPS) is 11.0. The fraction of sp³-hybridized carbons (Fsp3) is 0.556. The SMILES string of the molecule is CCC(CC)c1cc(N)sc1Br. The Bertz CT molecular complexity index is 253. The first kappa shape index (κ1) is 10.1. The Kier molecular flexibility index (Phi) is 3.59. The number of rotatable bonds is 3. The van der Waals surface area contributed by atoms with Crippen LogP contribution in [0.25, 0.3) is 0 Å². The summed E-state index contributed by atoms with van der Waals surface area (Å²) < 4.78 is 1.20. The monoisotopic (exact) mass is 247 g/mol. The number of halogens is 1. The lowest BCUT2D eigenvalue weighted by Crippen LogP contribution is -1.93. The molecule has 1 aromatic heterocycles. The molecule has 0 spiro atoms. The van der Waals surface area contributed by atoms with Crippen LogP contribution in [-0.2, 0) is 0 Å². The second-order valence-corrected chi connectivity index (χ2v) is 5.29. The predicted octanol–water partition coefficient (Wildman–Crippen LogP) is 4.00. The standard InChI is InChI=1S/C9H14BrNS/c1-3-6(4-2)7-5-8(11)12-9(7)10/h5-6H,3-4,11H2,1-2H3. The zero-order valence-corrected chi connectivity index (χ0v) is 9.83. The minimum atomic E-state index is 0.660. The highest BCUT2D eigenvalue weighted by atomic mass is 79.9. The maximum atomic E-state index is 5.72. The third-order valence-electron chi connectivity index (χ3n) is 2.16. The molecule has 0 saturated carbocycles. The van der Waals surface area contributed by atoms with Gasteiger partial charge in [-0.1, -0.05) is 13.8 Å². The first-order valence-corrected chi connectivity index (χ1v) is 5.84. The second-order valence-electron chi connectivity index (χ2n) is 2.89. The van der Waals surface area contributed by atoms with Gasteiger partial charge in [0.05, 0.1) is 8.79 Å². The Morgan fingerprint density at radius 3 is 2.42 bits per heavy atom. The van der Waals surface area contributed by atoms with Crippen molar-refractivity contribution in [3.63, 3.8) is 0 Å².